The minimum Gasteiger partial charge on any atom is -0.480 e. The van der Waals surface area contributed by atoms with Crippen LogP contribution in [0.5, 0.6) is 23.0 Å². The number of halogens is 2. The fourth-order valence-electron chi connectivity index (χ4n) is 3.90. The standard InChI is InChI=1S/C30H28F2N2O4/c31-23-11-3-7-15-28(23)37-26-13-5-1-9-21(26)19-34(18-17-25(33)30(35)36)20-22-10-2-6-14-27(22)38-29-16-8-4-12-24(29)32/h1-16,25H,17-20,33H2,(H,35,36)/t25-/m1/s1. The summed E-state index contributed by atoms with van der Waals surface area (Å²) in [6, 6.07) is 25.8. The zero-order valence-corrected chi connectivity index (χ0v) is 20.6. The molecule has 0 spiro atoms. The van der Waals surface area contributed by atoms with Crippen LogP contribution < -0.4 is 15.2 Å². The monoisotopic (exact) mass is 518 g/mol. The van der Waals surface area contributed by atoms with Crippen LogP contribution in [-0.2, 0) is 17.9 Å². The first-order valence-corrected chi connectivity index (χ1v) is 12.1. The molecule has 0 amide bonds. The summed E-state index contributed by atoms with van der Waals surface area (Å²) < 4.78 is 40.3. The minimum absolute atomic E-state index is 0.100. The van der Waals surface area contributed by atoms with Crippen molar-refractivity contribution in [1.82, 2.24) is 4.90 Å². The highest BCUT2D eigenvalue weighted by atomic mass is 19.1. The molecule has 0 heterocycles. The van der Waals surface area contributed by atoms with Crippen LogP contribution in [0.4, 0.5) is 8.78 Å². The molecule has 0 aromatic heterocycles. The van der Waals surface area contributed by atoms with Gasteiger partial charge in [-0.1, -0.05) is 60.7 Å². The van der Waals surface area contributed by atoms with Gasteiger partial charge in [0.25, 0.3) is 0 Å². The summed E-state index contributed by atoms with van der Waals surface area (Å²) in [6.07, 6.45) is 0.196. The highest BCUT2D eigenvalue weighted by molar-refractivity contribution is 5.73. The molecule has 0 saturated carbocycles. The highest BCUT2D eigenvalue weighted by Crippen LogP contribution is 2.31. The third-order valence-corrected chi connectivity index (χ3v) is 5.92. The van der Waals surface area contributed by atoms with E-state index in [0.29, 0.717) is 31.1 Å². The highest BCUT2D eigenvalue weighted by Gasteiger charge is 2.18. The van der Waals surface area contributed by atoms with Crippen LogP contribution >= 0.6 is 0 Å². The Hall–Kier alpha value is -4.27. The molecule has 0 aliphatic carbocycles. The summed E-state index contributed by atoms with van der Waals surface area (Å²) in [5.41, 5.74) is 7.33. The topological polar surface area (TPSA) is 85.0 Å². The van der Waals surface area contributed by atoms with Crippen LogP contribution in [-0.4, -0.2) is 28.6 Å². The summed E-state index contributed by atoms with van der Waals surface area (Å²) >= 11 is 0. The molecule has 6 nitrogen and oxygen atoms in total. The minimum atomic E-state index is -1.09. The molecular weight excluding hydrogens is 490 g/mol. The van der Waals surface area contributed by atoms with E-state index in [1.165, 1.54) is 12.1 Å². The predicted octanol–water partition coefficient (Wildman–Crippen LogP) is 6.35. The molecule has 0 unspecified atom stereocenters. The van der Waals surface area contributed by atoms with Gasteiger partial charge in [0.05, 0.1) is 0 Å². The van der Waals surface area contributed by atoms with E-state index in [1.54, 1.807) is 60.7 Å². The molecule has 0 radical (unpaired) electrons. The smallest absolute Gasteiger partial charge is 0.320 e. The van der Waals surface area contributed by atoms with Crippen LogP contribution in [0.25, 0.3) is 0 Å². The first-order valence-electron chi connectivity index (χ1n) is 12.1. The molecule has 0 saturated heterocycles. The molecule has 3 N–H and O–H groups in total. The Morgan fingerprint density at radius 3 is 1.53 bits per heavy atom. The van der Waals surface area contributed by atoms with E-state index in [0.717, 1.165) is 11.1 Å². The lowest BCUT2D eigenvalue weighted by Gasteiger charge is -2.25. The third kappa shape index (κ3) is 7.15. The van der Waals surface area contributed by atoms with Gasteiger partial charge in [0.15, 0.2) is 23.1 Å². The summed E-state index contributed by atoms with van der Waals surface area (Å²) in [5.74, 6) is -0.902. The normalized spacial score (nSPS) is 11.8. The number of ether oxygens (including phenoxy) is 2. The number of para-hydroxylation sites is 4. The molecule has 0 aliphatic rings. The number of carbonyl (C=O) groups is 1. The lowest BCUT2D eigenvalue weighted by molar-refractivity contribution is -0.138. The molecule has 0 aliphatic heterocycles. The number of nitrogens with zero attached hydrogens (tertiary/aromatic N) is 1. The second kappa shape index (κ2) is 12.8. The molecule has 4 aromatic carbocycles. The summed E-state index contributed by atoms with van der Waals surface area (Å²) in [4.78, 5) is 13.3. The largest absolute Gasteiger partial charge is 0.480 e. The van der Waals surface area contributed by atoms with Gasteiger partial charge in [-0.05, 0) is 42.8 Å². The van der Waals surface area contributed by atoms with Gasteiger partial charge in [-0.25, -0.2) is 8.78 Å². The van der Waals surface area contributed by atoms with Crippen molar-refractivity contribution in [2.45, 2.75) is 25.6 Å². The van der Waals surface area contributed by atoms with Crippen LogP contribution in [0.1, 0.15) is 17.5 Å². The zero-order valence-electron chi connectivity index (χ0n) is 20.6. The van der Waals surface area contributed by atoms with E-state index in [9.17, 15) is 18.7 Å². The third-order valence-electron chi connectivity index (χ3n) is 5.92. The molecule has 8 heteroatoms. The average molecular weight is 519 g/mol. The van der Waals surface area contributed by atoms with Crippen molar-refractivity contribution < 1.29 is 28.2 Å². The summed E-state index contributed by atoms with van der Waals surface area (Å²) in [7, 11) is 0. The van der Waals surface area contributed by atoms with Gasteiger partial charge >= 0.3 is 5.97 Å². The Balaban J connectivity index is 1.59. The summed E-state index contributed by atoms with van der Waals surface area (Å²) in [6.45, 7) is 1.05. The maximum atomic E-state index is 14.2. The van der Waals surface area contributed by atoms with Crippen LogP contribution in [0.2, 0.25) is 0 Å². The molecule has 1 atom stereocenters. The Morgan fingerprint density at radius 2 is 1.11 bits per heavy atom. The van der Waals surface area contributed by atoms with Crippen molar-refractivity contribution in [1.29, 1.82) is 0 Å². The number of rotatable bonds is 12. The number of benzene rings is 4. The van der Waals surface area contributed by atoms with Crippen molar-refractivity contribution >= 4 is 5.97 Å². The maximum absolute atomic E-state index is 14.2. The lowest BCUT2D eigenvalue weighted by atomic mass is 10.1. The van der Waals surface area contributed by atoms with Crippen molar-refractivity contribution in [2.75, 3.05) is 6.54 Å². The SMILES string of the molecule is N[C@H](CCN(Cc1ccccc1Oc1ccccc1F)Cc1ccccc1Oc1ccccc1F)C(=O)O. The Morgan fingerprint density at radius 1 is 0.711 bits per heavy atom. The van der Waals surface area contributed by atoms with Gasteiger partial charge in [-0.2, -0.15) is 0 Å². The van der Waals surface area contributed by atoms with Crippen LogP contribution in [0.15, 0.2) is 97.1 Å². The van der Waals surface area contributed by atoms with Crippen LogP contribution in [0, 0.1) is 11.6 Å². The quantitative estimate of drug-likeness (QED) is 0.227. The zero-order chi connectivity index (χ0) is 26.9. The molecule has 4 aromatic rings. The second-order valence-electron chi connectivity index (χ2n) is 8.72. The van der Waals surface area contributed by atoms with E-state index < -0.39 is 23.6 Å². The number of carboxylic acids is 1. The van der Waals surface area contributed by atoms with Crippen molar-refractivity contribution in [3.63, 3.8) is 0 Å². The number of carboxylic acid groups (broad SMARTS) is 1. The Bertz CT molecular complexity index is 1290. The number of nitrogens with two attached hydrogens (primary N) is 1. The molecule has 0 bridgehead atoms. The van der Waals surface area contributed by atoms with Gasteiger partial charge in [0, 0.05) is 30.8 Å². The summed E-state index contributed by atoms with van der Waals surface area (Å²) in [5, 5.41) is 9.29. The fourth-order valence-corrected chi connectivity index (χ4v) is 3.90. The molecule has 38 heavy (non-hydrogen) atoms. The van der Waals surface area contributed by atoms with E-state index in [-0.39, 0.29) is 17.9 Å². The van der Waals surface area contributed by atoms with Gasteiger partial charge in [0.1, 0.15) is 17.5 Å². The van der Waals surface area contributed by atoms with E-state index in [2.05, 4.69) is 0 Å². The first-order chi connectivity index (χ1) is 18.4. The van der Waals surface area contributed by atoms with Gasteiger partial charge in [-0.15, -0.1) is 0 Å². The van der Waals surface area contributed by atoms with Gasteiger partial charge in [0.2, 0.25) is 0 Å². The Labute approximate surface area is 219 Å². The number of hydrogen-bond acceptors (Lipinski definition) is 5. The van der Waals surface area contributed by atoms with E-state index >= 15 is 0 Å². The molecule has 4 rings (SSSR count). The second-order valence-corrected chi connectivity index (χ2v) is 8.72. The molecular formula is C30H28F2N2O4. The first kappa shape index (κ1) is 26.8. The fraction of sp³-hybridized carbons (Fsp3) is 0.167. The van der Waals surface area contributed by atoms with Crippen LogP contribution in [0.3, 0.4) is 0 Å². The Kier molecular flexibility index (Phi) is 9.02. The average Bonchev–Trinajstić information content (AvgIpc) is 2.91. The van der Waals surface area contributed by atoms with Crippen molar-refractivity contribution in [3.8, 4) is 23.0 Å². The van der Waals surface area contributed by atoms with Crippen molar-refractivity contribution in [3.05, 3.63) is 120 Å². The maximum Gasteiger partial charge on any atom is 0.320 e. The van der Waals surface area contributed by atoms with E-state index in [4.69, 9.17) is 15.2 Å². The van der Waals surface area contributed by atoms with Gasteiger partial charge < -0.3 is 20.3 Å². The van der Waals surface area contributed by atoms with Gasteiger partial charge in [-0.3, -0.25) is 9.69 Å². The number of aliphatic carboxylic acids is 1. The lowest BCUT2D eigenvalue weighted by Crippen LogP contribution is -2.35. The van der Waals surface area contributed by atoms with E-state index in [1.807, 2.05) is 29.2 Å². The molecule has 196 valence electrons. The predicted molar refractivity (Wildman–Crippen MR) is 140 cm³/mol. The number of hydrogen-bond donors (Lipinski definition) is 2. The molecule has 0 fully saturated rings. The van der Waals surface area contributed by atoms with Crippen molar-refractivity contribution in [2.24, 2.45) is 5.73 Å².